The van der Waals surface area contributed by atoms with Gasteiger partial charge in [0.1, 0.15) is 52.4 Å². The molecule has 5 aliphatic rings. The van der Waals surface area contributed by atoms with Crippen LogP contribution in [0.15, 0.2) is 53.0 Å². The van der Waals surface area contributed by atoms with Crippen LogP contribution in [-0.2, 0) is 29.1 Å². The molecule has 1 saturated heterocycles. The molecule has 2 aliphatic heterocycles. The molecule has 4 amide bonds. The van der Waals surface area contributed by atoms with Gasteiger partial charge in [0.15, 0.2) is 11.3 Å². The van der Waals surface area contributed by atoms with Gasteiger partial charge in [0.2, 0.25) is 21.8 Å². The number of aromatic nitrogens is 1. The number of sulfonamides is 1. The summed E-state index contributed by atoms with van der Waals surface area (Å²) in [7, 11) is -0.794. The van der Waals surface area contributed by atoms with Crippen LogP contribution in [0, 0.1) is 5.92 Å². The van der Waals surface area contributed by atoms with Gasteiger partial charge >= 0.3 is 6.09 Å². The number of methoxy groups -OCH3 is 2. The van der Waals surface area contributed by atoms with Crippen molar-refractivity contribution in [3.8, 4) is 17.2 Å². The molecule has 3 saturated carbocycles. The maximum absolute atomic E-state index is 14.8. The molecule has 0 spiro atoms. The molecule has 5 atom stereocenters. The van der Waals surface area contributed by atoms with E-state index in [2.05, 4.69) is 15.4 Å². The standard InChI is InChI=1S/C44H51N5O11S/c1-56-27-14-18-31-34(20-27)45-37-32-19-15-28(57-2)22-36(32)60-39(37)38(31)58-29-21-35-40(50)47-44(42(52)48-61(54,55)30-16-17-30)23-25(44)10-6-4-3-5-7-13-33(41(51)49(35)24-29)46-43(53)59-26-11-8-9-12-26/h6,10,14-15,18-20,22,25-26,29-30,33,35H,3-5,7-9,11-13,16-17,21,23-24H2,1-2H3,(H,46,53)(H,47,50)(H,48,52)/b10-6-/t25-,29-,33+,35+,44-/m1/s1. The van der Waals surface area contributed by atoms with Crippen LogP contribution in [-0.4, -0.2) is 98.0 Å². The van der Waals surface area contributed by atoms with Gasteiger partial charge < -0.3 is 38.9 Å². The summed E-state index contributed by atoms with van der Waals surface area (Å²) in [5.74, 6) is -0.862. The van der Waals surface area contributed by atoms with Gasteiger partial charge in [-0.2, -0.15) is 0 Å². The van der Waals surface area contributed by atoms with Gasteiger partial charge in [0.25, 0.3) is 5.91 Å². The van der Waals surface area contributed by atoms with Crippen LogP contribution >= 0.6 is 0 Å². The fourth-order valence-corrected chi connectivity index (χ4v) is 10.4. The van der Waals surface area contributed by atoms with Crippen molar-refractivity contribution in [2.75, 3.05) is 20.8 Å². The monoisotopic (exact) mass is 857 g/mol. The Morgan fingerprint density at radius 1 is 0.918 bits per heavy atom. The first-order valence-electron chi connectivity index (χ1n) is 21.3. The summed E-state index contributed by atoms with van der Waals surface area (Å²) in [4.78, 5) is 63.0. The number of carbonyl (C=O) groups excluding carboxylic acids is 4. The van der Waals surface area contributed by atoms with Crippen LogP contribution in [0.3, 0.4) is 0 Å². The molecule has 0 radical (unpaired) electrons. The molecule has 4 aromatic rings. The van der Waals surface area contributed by atoms with Crippen LogP contribution in [0.1, 0.15) is 83.5 Å². The number of amides is 4. The van der Waals surface area contributed by atoms with E-state index >= 15 is 0 Å². The highest BCUT2D eigenvalue weighted by Gasteiger charge is 2.62. The highest BCUT2D eigenvalue weighted by molar-refractivity contribution is 7.91. The quantitative estimate of drug-likeness (QED) is 0.178. The number of carbonyl (C=O) groups is 4. The molecule has 0 bridgehead atoms. The van der Waals surface area contributed by atoms with Crippen molar-refractivity contribution in [1.82, 2.24) is 25.2 Å². The molecule has 3 aliphatic carbocycles. The van der Waals surface area contributed by atoms with Crippen molar-refractivity contribution in [3.63, 3.8) is 0 Å². The number of furan rings is 1. The van der Waals surface area contributed by atoms with Crippen LogP contribution in [0.2, 0.25) is 0 Å². The van der Waals surface area contributed by atoms with E-state index in [4.69, 9.17) is 28.3 Å². The third-order valence-corrected chi connectivity index (χ3v) is 14.6. The molecular weight excluding hydrogens is 807 g/mol. The molecule has 0 unspecified atom stereocenters. The fourth-order valence-electron chi connectivity index (χ4n) is 9.09. The van der Waals surface area contributed by atoms with Crippen LogP contribution in [0.5, 0.6) is 17.2 Å². The minimum Gasteiger partial charge on any atom is -0.497 e. The first-order valence-corrected chi connectivity index (χ1v) is 22.9. The Bertz CT molecular complexity index is 2530. The molecule has 3 N–H and O–H groups in total. The molecule has 61 heavy (non-hydrogen) atoms. The molecule has 16 nitrogen and oxygen atoms in total. The van der Waals surface area contributed by atoms with Gasteiger partial charge in [-0.15, -0.1) is 0 Å². The molecule has 324 valence electrons. The Morgan fingerprint density at radius 3 is 2.41 bits per heavy atom. The Morgan fingerprint density at radius 2 is 1.66 bits per heavy atom. The minimum atomic E-state index is -3.92. The van der Waals surface area contributed by atoms with E-state index in [-0.39, 0.29) is 25.5 Å². The molecule has 9 rings (SSSR count). The van der Waals surface area contributed by atoms with Crippen molar-refractivity contribution in [2.24, 2.45) is 5.92 Å². The number of ether oxygens (including phenoxy) is 4. The SMILES string of the molecule is COc1ccc2c(O[C@@H]3C[C@H]4C(=O)N[C@]5(C(=O)NS(=O)(=O)C6CC6)C[C@H]5/C=C\CCCCC[C@H](NC(=O)OC5CCCC5)C(=O)N4C3)c3oc4cc(OC)ccc4c3nc2c1. The smallest absolute Gasteiger partial charge is 0.408 e. The second-order valence-electron chi connectivity index (χ2n) is 17.0. The van der Waals surface area contributed by atoms with Crippen molar-refractivity contribution >= 4 is 66.8 Å². The summed E-state index contributed by atoms with van der Waals surface area (Å²) in [6.45, 7) is -0.0547. The fraction of sp³-hybridized carbons (Fsp3) is 0.523. The molecule has 4 heterocycles. The zero-order valence-corrected chi connectivity index (χ0v) is 35.1. The van der Waals surface area contributed by atoms with Gasteiger partial charge in [-0.25, -0.2) is 18.2 Å². The number of hydrogen-bond donors (Lipinski definition) is 3. The Hall–Kier alpha value is -5.58. The van der Waals surface area contributed by atoms with Crippen LogP contribution in [0.25, 0.3) is 33.0 Å². The van der Waals surface area contributed by atoms with Gasteiger partial charge in [0, 0.05) is 35.2 Å². The summed E-state index contributed by atoms with van der Waals surface area (Å²) < 4.78 is 58.1. The lowest BCUT2D eigenvalue weighted by molar-refractivity contribution is -0.141. The molecule has 4 fully saturated rings. The lowest BCUT2D eigenvalue weighted by Crippen LogP contribution is -2.58. The molecule has 17 heteroatoms. The number of benzene rings is 2. The largest absolute Gasteiger partial charge is 0.497 e. The van der Waals surface area contributed by atoms with Crippen LogP contribution in [0.4, 0.5) is 4.79 Å². The molecule has 2 aromatic carbocycles. The number of fused-ring (bicyclic) bond motifs is 6. The lowest BCUT2D eigenvalue weighted by atomic mass is 10.0. The van der Waals surface area contributed by atoms with E-state index in [1.54, 1.807) is 32.4 Å². The van der Waals surface area contributed by atoms with E-state index in [1.807, 2.05) is 30.4 Å². The van der Waals surface area contributed by atoms with E-state index in [1.165, 1.54) is 4.90 Å². The normalized spacial score (nSPS) is 26.8. The Kier molecular flexibility index (Phi) is 10.9. The Balaban J connectivity index is 1.07. The van der Waals surface area contributed by atoms with E-state index < -0.39 is 68.7 Å². The van der Waals surface area contributed by atoms with E-state index in [0.717, 1.165) is 43.9 Å². The average molecular weight is 858 g/mol. The third-order valence-electron chi connectivity index (χ3n) is 12.8. The average Bonchev–Trinajstić information content (AvgIpc) is 4.06. The summed E-state index contributed by atoms with van der Waals surface area (Å²) in [6.07, 6.45) is 9.86. The van der Waals surface area contributed by atoms with Crippen molar-refractivity contribution in [1.29, 1.82) is 0 Å². The second kappa shape index (κ2) is 16.4. The van der Waals surface area contributed by atoms with Crippen molar-refractivity contribution < 1.29 is 51.0 Å². The summed E-state index contributed by atoms with van der Waals surface area (Å²) in [6, 6.07) is 8.63. The summed E-state index contributed by atoms with van der Waals surface area (Å²) in [5, 5.41) is 6.43. The maximum atomic E-state index is 14.8. The number of hydrogen-bond acceptors (Lipinski definition) is 12. The number of rotatable bonds is 9. The lowest BCUT2D eigenvalue weighted by Gasteiger charge is -2.30. The minimum absolute atomic E-state index is 0.00487. The predicted molar refractivity (Wildman–Crippen MR) is 224 cm³/mol. The number of nitrogens with one attached hydrogen (secondary N) is 3. The maximum Gasteiger partial charge on any atom is 0.408 e. The van der Waals surface area contributed by atoms with Crippen LogP contribution < -0.4 is 29.6 Å². The highest BCUT2D eigenvalue weighted by atomic mass is 32.2. The Labute approximate surface area is 353 Å². The number of alkyl carbamates (subject to hydrolysis) is 1. The van der Waals surface area contributed by atoms with Gasteiger partial charge in [-0.1, -0.05) is 25.0 Å². The summed E-state index contributed by atoms with van der Waals surface area (Å²) in [5.41, 5.74) is 0.432. The zero-order valence-electron chi connectivity index (χ0n) is 34.3. The molecule has 2 aromatic heterocycles. The highest BCUT2D eigenvalue weighted by Crippen LogP contribution is 2.47. The molecular formula is C44H51N5O11S. The van der Waals surface area contributed by atoms with Crippen molar-refractivity contribution in [3.05, 3.63) is 48.6 Å². The zero-order chi connectivity index (χ0) is 42.5. The summed E-state index contributed by atoms with van der Waals surface area (Å²) >= 11 is 0. The first kappa shape index (κ1) is 40.8. The number of nitrogens with zero attached hydrogens (tertiary/aromatic N) is 2. The number of pyridine rings is 1. The van der Waals surface area contributed by atoms with Crippen molar-refractivity contribution in [2.45, 2.75) is 119 Å². The third kappa shape index (κ3) is 8.15. The van der Waals surface area contributed by atoms with Gasteiger partial charge in [-0.3, -0.25) is 19.1 Å². The second-order valence-corrected chi connectivity index (χ2v) is 18.9. The van der Waals surface area contributed by atoms with E-state index in [0.29, 0.717) is 76.9 Å². The number of allylic oxidation sites excluding steroid dienone is 1. The predicted octanol–water partition coefficient (Wildman–Crippen LogP) is 5.54. The first-order chi connectivity index (χ1) is 29.5. The van der Waals surface area contributed by atoms with Gasteiger partial charge in [-0.05, 0) is 88.5 Å². The van der Waals surface area contributed by atoms with Gasteiger partial charge in [0.05, 0.1) is 31.5 Å². The topological polar surface area (TPSA) is 205 Å². The van der Waals surface area contributed by atoms with E-state index in [9.17, 15) is 27.6 Å².